The second kappa shape index (κ2) is 7.40. The summed E-state index contributed by atoms with van der Waals surface area (Å²) in [5.74, 6) is 0.668. The normalized spacial score (nSPS) is 25.0. The lowest BCUT2D eigenvalue weighted by molar-refractivity contribution is -0.170. The lowest BCUT2D eigenvalue weighted by Crippen LogP contribution is -2.55. The van der Waals surface area contributed by atoms with Gasteiger partial charge in [0.25, 0.3) is 5.91 Å². The van der Waals surface area contributed by atoms with Crippen LogP contribution >= 0.6 is 0 Å². The van der Waals surface area contributed by atoms with Gasteiger partial charge in [0.05, 0.1) is 11.8 Å². The summed E-state index contributed by atoms with van der Waals surface area (Å²) in [6.07, 6.45) is 5.54. The number of carbonyl (C=O) groups is 1. The number of fused-ring (bicyclic) bond motifs is 2. The minimum atomic E-state index is -3.19. The summed E-state index contributed by atoms with van der Waals surface area (Å²) in [7, 11) is 0.724. The number of carbonyl (C=O) groups excluding carboxylic acids is 1. The molecule has 3 aliphatic rings. The van der Waals surface area contributed by atoms with Crippen molar-refractivity contribution >= 4 is 15.9 Å². The monoisotopic (exact) mass is 411 g/mol. The maximum atomic E-state index is 12.7. The predicted octanol–water partition coefficient (Wildman–Crippen LogP) is -0.257. The summed E-state index contributed by atoms with van der Waals surface area (Å²) >= 11 is 0. The molecule has 28 heavy (non-hydrogen) atoms. The molecule has 0 unspecified atom stereocenters. The zero-order valence-electron chi connectivity index (χ0n) is 16.5. The summed E-state index contributed by atoms with van der Waals surface area (Å²) in [5, 5.41) is 2.74. The van der Waals surface area contributed by atoms with Crippen LogP contribution in [0.2, 0.25) is 0 Å². The molecular weight excluding hydrogens is 382 g/mol. The molecule has 1 atom stereocenters. The van der Waals surface area contributed by atoms with Crippen molar-refractivity contribution in [3.63, 3.8) is 0 Å². The average molecular weight is 412 g/mol. The standard InChI is InChI=1S/C18H29N5O4S/c1-21(2)11-7-19-16(24)15-13-22-12-8-20-17(22)18(27-15)5-9-23(10-6-18)28(25,26)14-3-4-14/h8,12,14-15H,3-7,9-11,13H2,1-2H3,(H,19,24)/t15-/m0/s1. The highest BCUT2D eigenvalue weighted by Gasteiger charge is 2.50. The quantitative estimate of drug-likeness (QED) is 0.693. The molecule has 3 heterocycles. The Bertz CT molecular complexity index is 825. The SMILES string of the molecule is CN(C)CCNC(=O)[C@@H]1Cn2ccnc2C2(CCN(S(=O)(=O)C3CC3)CC2)O1. The number of piperidine rings is 1. The van der Waals surface area contributed by atoms with E-state index in [0.29, 0.717) is 39.0 Å². The smallest absolute Gasteiger partial charge is 0.251 e. The molecular formula is C18H29N5O4S. The highest BCUT2D eigenvalue weighted by molar-refractivity contribution is 7.90. The Morgan fingerprint density at radius 1 is 1.36 bits per heavy atom. The zero-order valence-corrected chi connectivity index (χ0v) is 17.3. The van der Waals surface area contributed by atoms with Crippen LogP contribution in [-0.4, -0.2) is 84.7 Å². The van der Waals surface area contributed by atoms with Crippen LogP contribution in [0.1, 0.15) is 31.5 Å². The predicted molar refractivity (Wildman–Crippen MR) is 103 cm³/mol. The van der Waals surface area contributed by atoms with Gasteiger partial charge in [-0.15, -0.1) is 0 Å². The molecule has 4 rings (SSSR count). The number of amides is 1. The van der Waals surface area contributed by atoms with Crippen molar-refractivity contribution in [2.24, 2.45) is 0 Å². The Kier molecular flexibility index (Phi) is 5.24. The first-order valence-corrected chi connectivity index (χ1v) is 11.4. The van der Waals surface area contributed by atoms with Crippen LogP contribution in [0.3, 0.4) is 0 Å². The third-order valence-corrected chi connectivity index (χ3v) is 8.24. The molecule has 1 aliphatic carbocycles. The number of sulfonamides is 1. The number of nitrogens with one attached hydrogen (secondary N) is 1. The fourth-order valence-electron chi connectivity index (χ4n) is 4.07. The number of ether oxygens (including phenoxy) is 1. The van der Waals surface area contributed by atoms with E-state index in [1.807, 2.05) is 29.8 Å². The van der Waals surface area contributed by atoms with Crippen LogP contribution in [0.5, 0.6) is 0 Å². The molecule has 1 amide bonds. The van der Waals surface area contributed by atoms with Gasteiger partial charge in [0.15, 0.2) is 6.10 Å². The fraction of sp³-hybridized carbons (Fsp3) is 0.778. The zero-order chi connectivity index (χ0) is 19.9. The highest BCUT2D eigenvalue weighted by Crippen LogP contribution is 2.42. The van der Waals surface area contributed by atoms with Gasteiger partial charge >= 0.3 is 0 Å². The Morgan fingerprint density at radius 2 is 2.07 bits per heavy atom. The van der Waals surface area contributed by atoms with Gasteiger partial charge in [0, 0.05) is 38.6 Å². The third kappa shape index (κ3) is 3.70. The molecule has 1 saturated carbocycles. The van der Waals surface area contributed by atoms with Crippen molar-refractivity contribution in [3.05, 3.63) is 18.2 Å². The summed E-state index contributed by atoms with van der Waals surface area (Å²) in [6.45, 7) is 2.55. The molecule has 1 aromatic rings. The summed E-state index contributed by atoms with van der Waals surface area (Å²) < 4.78 is 35.0. The Hall–Kier alpha value is -1.49. The van der Waals surface area contributed by atoms with Gasteiger partial charge in [-0.2, -0.15) is 0 Å². The van der Waals surface area contributed by atoms with Gasteiger partial charge in [0.1, 0.15) is 11.4 Å². The summed E-state index contributed by atoms with van der Waals surface area (Å²) in [6, 6.07) is 0. The number of imidazole rings is 1. The maximum Gasteiger partial charge on any atom is 0.251 e. The van der Waals surface area contributed by atoms with E-state index in [1.165, 1.54) is 0 Å². The first-order valence-electron chi connectivity index (χ1n) is 9.93. The van der Waals surface area contributed by atoms with E-state index in [9.17, 15) is 13.2 Å². The van der Waals surface area contributed by atoms with Crippen molar-refractivity contribution < 1.29 is 17.9 Å². The van der Waals surface area contributed by atoms with Crippen molar-refractivity contribution in [1.29, 1.82) is 0 Å². The van der Waals surface area contributed by atoms with Crippen molar-refractivity contribution in [1.82, 2.24) is 24.1 Å². The van der Waals surface area contributed by atoms with Crippen LogP contribution in [0.25, 0.3) is 0 Å². The number of hydrogen-bond acceptors (Lipinski definition) is 6. The van der Waals surface area contributed by atoms with E-state index >= 15 is 0 Å². The van der Waals surface area contributed by atoms with Crippen molar-refractivity contribution in [2.45, 2.75) is 49.2 Å². The van der Waals surface area contributed by atoms with Gasteiger partial charge in [-0.3, -0.25) is 4.79 Å². The second-order valence-electron chi connectivity index (χ2n) is 8.24. The molecule has 1 N–H and O–H groups in total. The number of hydrogen-bond donors (Lipinski definition) is 1. The van der Waals surface area contributed by atoms with Crippen molar-refractivity contribution in [2.75, 3.05) is 40.3 Å². The van der Waals surface area contributed by atoms with E-state index in [-0.39, 0.29) is 11.2 Å². The summed E-state index contributed by atoms with van der Waals surface area (Å²) in [5.41, 5.74) is -0.707. The fourth-order valence-corrected chi connectivity index (χ4v) is 5.91. The minimum absolute atomic E-state index is 0.131. The van der Waals surface area contributed by atoms with E-state index in [1.54, 1.807) is 10.5 Å². The summed E-state index contributed by atoms with van der Waals surface area (Å²) in [4.78, 5) is 19.2. The number of nitrogens with zero attached hydrogens (tertiary/aromatic N) is 4. The molecule has 9 nitrogen and oxygen atoms in total. The van der Waals surface area contributed by atoms with Crippen molar-refractivity contribution in [3.8, 4) is 0 Å². The molecule has 1 saturated heterocycles. The molecule has 1 aromatic heterocycles. The van der Waals surface area contributed by atoms with Gasteiger partial charge in [-0.1, -0.05) is 0 Å². The number of rotatable bonds is 6. The molecule has 2 aliphatic heterocycles. The van der Waals surface area contributed by atoms with E-state index in [2.05, 4.69) is 10.3 Å². The van der Waals surface area contributed by atoms with E-state index in [4.69, 9.17) is 4.74 Å². The van der Waals surface area contributed by atoms with Gasteiger partial charge in [0.2, 0.25) is 10.0 Å². The molecule has 156 valence electrons. The molecule has 10 heteroatoms. The maximum absolute atomic E-state index is 12.7. The first-order chi connectivity index (χ1) is 13.3. The lowest BCUT2D eigenvalue weighted by Gasteiger charge is -2.45. The Morgan fingerprint density at radius 3 is 2.71 bits per heavy atom. The Balaban J connectivity index is 1.47. The third-order valence-electron chi connectivity index (χ3n) is 5.84. The largest absolute Gasteiger partial charge is 0.352 e. The molecule has 2 fully saturated rings. The molecule has 0 aromatic carbocycles. The molecule has 0 radical (unpaired) electrons. The minimum Gasteiger partial charge on any atom is -0.352 e. The first kappa shape index (κ1) is 19.8. The van der Waals surface area contributed by atoms with E-state index < -0.39 is 21.7 Å². The van der Waals surface area contributed by atoms with Gasteiger partial charge in [-0.05, 0) is 39.8 Å². The van der Waals surface area contributed by atoms with Crippen LogP contribution < -0.4 is 5.32 Å². The van der Waals surface area contributed by atoms with Crippen LogP contribution in [0.15, 0.2) is 12.4 Å². The topological polar surface area (TPSA) is 96.8 Å². The van der Waals surface area contributed by atoms with Gasteiger partial charge < -0.3 is 19.5 Å². The molecule has 0 bridgehead atoms. The second-order valence-corrected chi connectivity index (χ2v) is 10.5. The van der Waals surface area contributed by atoms with Crippen LogP contribution in [0, 0.1) is 0 Å². The highest BCUT2D eigenvalue weighted by atomic mass is 32.2. The average Bonchev–Trinajstić information content (AvgIpc) is 3.41. The number of aromatic nitrogens is 2. The van der Waals surface area contributed by atoms with E-state index in [0.717, 1.165) is 25.2 Å². The van der Waals surface area contributed by atoms with Crippen LogP contribution in [0.4, 0.5) is 0 Å². The molecule has 1 spiro atoms. The van der Waals surface area contributed by atoms with Crippen LogP contribution in [-0.2, 0) is 31.7 Å². The number of likely N-dealkylation sites (N-methyl/N-ethyl adjacent to an activating group) is 1. The Labute approximate surface area is 166 Å². The lowest BCUT2D eigenvalue weighted by atomic mass is 9.89. The van der Waals surface area contributed by atoms with Gasteiger partial charge in [-0.25, -0.2) is 17.7 Å².